The first kappa shape index (κ1) is 23.2. The van der Waals surface area contributed by atoms with Crippen LogP contribution in [0.15, 0.2) is 47.6 Å². The highest BCUT2D eigenvalue weighted by molar-refractivity contribution is 6.35. The van der Waals surface area contributed by atoms with Crippen molar-refractivity contribution < 1.29 is 23.8 Å². The van der Waals surface area contributed by atoms with Gasteiger partial charge in [0, 0.05) is 20.3 Å². The second-order valence-corrected chi connectivity index (χ2v) is 6.52. The van der Waals surface area contributed by atoms with Crippen molar-refractivity contribution in [2.45, 2.75) is 13.0 Å². The van der Waals surface area contributed by atoms with E-state index in [-0.39, 0.29) is 0 Å². The summed E-state index contributed by atoms with van der Waals surface area (Å²) in [6.45, 7) is 1.16. The van der Waals surface area contributed by atoms with E-state index in [1.54, 1.807) is 19.2 Å². The van der Waals surface area contributed by atoms with Crippen molar-refractivity contribution in [1.29, 1.82) is 0 Å². The molecule has 0 aliphatic heterocycles. The van der Waals surface area contributed by atoms with Gasteiger partial charge in [0.1, 0.15) is 6.61 Å². The lowest BCUT2D eigenvalue weighted by Crippen LogP contribution is -2.38. The minimum Gasteiger partial charge on any atom is -0.493 e. The van der Waals surface area contributed by atoms with Gasteiger partial charge in [0.15, 0.2) is 11.5 Å². The van der Waals surface area contributed by atoms with Crippen molar-refractivity contribution in [3.05, 3.63) is 58.6 Å². The molecule has 0 spiro atoms. The van der Waals surface area contributed by atoms with Gasteiger partial charge in [-0.3, -0.25) is 9.59 Å². The molecule has 0 unspecified atom stereocenters. The summed E-state index contributed by atoms with van der Waals surface area (Å²) >= 11 is 6.33. The number of rotatable bonds is 10. The number of methoxy groups -OCH3 is 2. The number of halogens is 1. The molecule has 160 valence electrons. The molecule has 2 N–H and O–H groups in total. The highest BCUT2D eigenvalue weighted by atomic mass is 35.5. The lowest BCUT2D eigenvalue weighted by Gasteiger charge is -2.13. The molecule has 0 aliphatic carbocycles. The van der Waals surface area contributed by atoms with Crippen molar-refractivity contribution in [3.63, 3.8) is 0 Å². The van der Waals surface area contributed by atoms with E-state index in [1.807, 2.05) is 30.3 Å². The van der Waals surface area contributed by atoms with E-state index in [1.165, 1.54) is 13.3 Å². The molecule has 2 amide bonds. The molecule has 0 aliphatic rings. The highest BCUT2D eigenvalue weighted by Gasteiger charge is 2.13. The minimum atomic E-state index is -0.871. The topological polar surface area (TPSA) is 98.2 Å². The van der Waals surface area contributed by atoms with Gasteiger partial charge >= 0.3 is 11.8 Å². The van der Waals surface area contributed by atoms with Crippen LogP contribution in [-0.2, 0) is 20.9 Å². The van der Waals surface area contributed by atoms with Crippen LogP contribution in [0.4, 0.5) is 0 Å². The number of nitrogens with one attached hydrogen (secondary N) is 2. The van der Waals surface area contributed by atoms with Crippen LogP contribution in [0, 0.1) is 0 Å². The number of hydrogen-bond donors (Lipinski definition) is 2. The van der Waals surface area contributed by atoms with Gasteiger partial charge in [-0.15, -0.1) is 0 Å². The Morgan fingerprint density at radius 3 is 2.60 bits per heavy atom. The van der Waals surface area contributed by atoms with E-state index in [4.69, 9.17) is 25.8 Å². The zero-order chi connectivity index (χ0) is 21.8. The number of carbonyl (C=O) groups excluding carboxylic acids is 2. The monoisotopic (exact) mass is 433 g/mol. The van der Waals surface area contributed by atoms with E-state index in [9.17, 15) is 9.59 Å². The van der Waals surface area contributed by atoms with Crippen LogP contribution in [-0.4, -0.2) is 45.4 Å². The second-order valence-electron chi connectivity index (χ2n) is 6.11. The molecule has 0 atom stereocenters. The molecule has 0 saturated heterocycles. The molecule has 0 heterocycles. The number of ether oxygens (including phenoxy) is 3. The first-order chi connectivity index (χ1) is 14.5. The van der Waals surface area contributed by atoms with E-state index in [0.29, 0.717) is 48.3 Å². The normalized spacial score (nSPS) is 10.6. The SMILES string of the molecule is COCCCNC(=O)C(=O)N/N=C\c1cc(Cl)c(OCc2ccccc2)c(OC)c1. The summed E-state index contributed by atoms with van der Waals surface area (Å²) in [7, 11) is 3.06. The maximum absolute atomic E-state index is 11.7. The standard InChI is InChI=1S/C21H24ClN3O5/c1-28-10-6-9-23-20(26)21(27)25-24-13-16-11-17(22)19(18(12-16)29-2)30-14-15-7-4-3-5-8-15/h3-5,7-8,11-13H,6,9-10,14H2,1-2H3,(H,23,26)(H,25,27)/b24-13-. The predicted octanol–water partition coefficient (Wildman–Crippen LogP) is 2.53. The van der Waals surface area contributed by atoms with Gasteiger partial charge in [-0.25, -0.2) is 5.43 Å². The fourth-order valence-corrected chi connectivity index (χ4v) is 2.67. The third kappa shape index (κ3) is 7.38. The quantitative estimate of drug-likeness (QED) is 0.260. The Morgan fingerprint density at radius 2 is 1.90 bits per heavy atom. The number of hydrazone groups is 1. The first-order valence-corrected chi connectivity index (χ1v) is 9.57. The Balaban J connectivity index is 1.95. The summed E-state index contributed by atoms with van der Waals surface area (Å²) < 4.78 is 16.0. The number of carbonyl (C=O) groups is 2. The summed E-state index contributed by atoms with van der Waals surface area (Å²) in [5.41, 5.74) is 3.71. The Morgan fingerprint density at radius 1 is 1.13 bits per heavy atom. The first-order valence-electron chi connectivity index (χ1n) is 9.19. The van der Waals surface area contributed by atoms with Crippen molar-refractivity contribution in [2.24, 2.45) is 5.10 Å². The number of nitrogens with zero attached hydrogens (tertiary/aromatic N) is 1. The molecule has 2 aromatic carbocycles. The molecule has 2 aromatic rings. The lowest BCUT2D eigenvalue weighted by molar-refractivity contribution is -0.139. The van der Waals surface area contributed by atoms with Crippen LogP contribution < -0.4 is 20.2 Å². The average Bonchev–Trinajstić information content (AvgIpc) is 2.76. The highest BCUT2D eigenvalue weighted by Crippen LogP contribution is 2.36. The van der Waals surface area contributed by atoms with Gasteiger partial charge in [-0.1, -0.05) is 41.9 Å². The Bertz CT molecular complexity index is 874. The van der Waals surface area contributed by atoms with Crippen LogP contribution in [0.5, 0.6) is 11.5 Å². The van der Waals surface area contributed by atoms with Crippen LogP contribution in [0.1, 0.15) is 17.5 Å². The fraction of sp³-hybridized carbons (Fsp3) is 0.286. The molecular formula is C21H24ClN3O5. The molecule has 0 fully saturated rings. The molecular weight excluding hydrogens is 410 g/mol. The summed E-state index contributed by atoms with van der Waals surface area (Å²) in [5, 5.41) is 6.58. The largest absolute Gasteiger partial charge is 0.493 e. The lowest BCUT2D eigenvalue weighted by atomic mass is 10.2. The number of amides is 2. The maximum atomic E-state index is 11.7. The Labute approximate surface area is 180 Å². The van der Waals surface area contributed by atoms with Crippen molar-refractivity contribution >= 4 is 29.6 Å². The van der Waals surface area contributed by atoms with Gasteiger partial charge in [0.05, 0.1) is 18.3 Å². The Hall–Kier alpha value is -3.10. The summed E-state index contributed by atoms with van der Waals surface area (Å²) in [6.07, 6.45) is 1.96. The van der Waals surface area contributed by atoms with E-state index < -0.39 is 11.8 Å². The third-order valence-electron chi connectivity index (χ3n) is 3.87. The zero-order valence-electron chi connectivity index (χ0n) is 16.8. The fourth-order valence-electron chi connectivity index (χ4n) is 2.40. The van der Waals surface area contributed by atoms with Crippen LogP contribution in [0.2, 0.25) is 5.02 Å². The third-order valence-corrected chi connectivity index (χ3v) is 4.16. The van der Waals surface area contributed by atoms with Crippen molar-refractivity contribution in [2.75, 3.05) is 27.4 Å². The van der Waals surface area contributed by atoms with Gasteiger partial charge < -0.3 is 19.5 Å². The minimum absolute atomic E-state index is 0.328. The van der Waals surface area contributed by atoms with Crippen molar-refractivity contribution in [3.8, 4) is 11.5 Å². The molecule has 2 rings (SSSR count). The summed E-state index contributed by atoms with van der Waals surface area (Å²) in [6, 6.07) is 12.9. The summed E-state index contributed by atoms with van der Waals surface area (Å²) in [4.78, 5) is 23.4. The molecule has 0 radical (unpaired) electrons. The molecule has 0 bridgehead atoms. The molecule has 9 heteroatoms. The molecule has 30 heavy (non-hydrogen) atoms. The predicted molar refractivity (Wildman–Crippen MR) is 114 cm³/mol. The van der Waals surface area contributed by atoms with Crippen LogP contribution in [0.3, 0.4) is 0 Å². The van der Waals surface area contributed by atoms with Gasteiger partial charge in [0.2, 0.25) is 0 Å². The van der Waals surface area contributed by atoms with Crippen LogP contribution >= 0.6 is 11.6 Å². The Kier molecular flexibility index (Phi) is 9.63. The smallest absolute Gasteiger partial charge is 0.329 e. The maximum Gasteiger partial charge on any atom is 0.329 e. The van der Waals surface area contributed by atoms with Gasteiger partial charge in [-0.05, 0) is 29.7 Å². The zero-order valence-corrected chi connectivity index (χ0v) is 17.6. The summed E-state index contributed by atoms with van der Waals surface area (Å²) in [5.74, 6) is -0.824. The molecule has 8 nitrogen and oxygen atoms in total. The second kappa shape index (κ2) is 12.5. The average molecular weight is 434 g/mol. The molecule has 0 saturated carbocycles. The number of hydrogen-bond acceptors (Lipinski definition) is 6. The van der Waals surface area contributed by atoms with E-state index in [2.05, 4.69) is 15.8 Å². The number of benzene rings is 2. The van der Waals surface area contributed by atoms with Crippen molar-refractivity contribution in [1.82, 2.24) is 10.7 Å². The molecule has 0 aromatic heterocycles. The van der Waals surface area contributed by atoms with Crippen LogP contribution in [0.25, 0.3) is 0 Å². The van der Waals surface area contributed by atoms with Gasteiger partial charge in [-0.2, -0.15) is 5.10 Å². The van der Waals surface area contributed by atoms with E-state index >= 15 is 0 Å². The van der Waals surface area contributed by atoms with Gasteiger partial charge in [0.25, 0.3) is 0 Å². The van der Waals surface area contributed by atoms with E-state index in [0.717, 1.165) is 5.56 Å².